The van der Waals surface area contributed by atoms with Crippen LogP contribution in [0.1, 0.15) is 0 Å². The second-order valence-electron chi connectivity index (χ2n) is 4.98. The molecule has 0 aliphatic carbocycles. The van der Waals surface area contributed by atoms with Crippen LogP contribution in [-0.4, -0.2) is 26.3 Å². The van der Waals surface area contributed by atoms with E-state index >= 15 is 0 Å². The number of fused-ring (bicyclic) bond motifs is 1. The van der Waals surface area contributed by atoms with Gasteiger partial charge in [-0.1, -0.05) is 0 Å². The van der Waals surface area contributed by atoms with E-state index < -0.39 is 0 Å². The number of benzene rings is 2. The van der Waals surface area contributed by atoms with Crippen LogP contribution in [-0.2, 0) is 4.84 Å². The van der Waals surface area contributed by atoms with Gasteiger partial charge < -0.3 is 14.2 Å². The van der Waals surface area contributed by atoms with Gasteiger partial charge in [-0.25, -0.2) is 4.98 Å². The zero-order chi connectivity index (χ0) is 16.9. The first-order chi connectivity index (χ1) is 11.7. The summed E-state index contributed by atoms with van der Waals surface area (Å²) >= 11 is 0. The van der Waals surface area contributed by atoms with Gasteiger partial charge in [0.05, 0.1) is 32.5 Å². The predicted molar refractivity (Wildman–Crippen MR) is 92.0 cm³/mol. The van der Waals surface area contributed by atoms with E-state index in [1.165, 1.54) is 0 Å². The third-order valence-corrected chi connectivity index (χ3v) is 3.47. The van der Waals surface area contributed by atoms with Crippen LogP contribution in [0.3, 0.4) is 0 Å². The molecule has 0 atom stereocenters. The third-order valence-electron chi connectivity index (χ3n) is 3.47. The summed E-state index contributed by atoms with van der Waals surface area (Å²) in [6.45, 7) is 0. The molecular weight excluding hydrogens is 308 g/mol. The molecule has 24 heavy (non-hydrogen) atoms. The minimum atomic E-state index is 0.502. The van der Waals surface area contributed by atoms with Crippen LogP contribution in [0.4, 0.5) is 5.69 Å². The summed E-state index contributed by atoms with van der Waals surface area (Å²) in [7, 11) is 4.77. The molecule has 0 unspecified atom stereocenters. The Bertz CT molecular complexity index is 834. The molecular formula is C18H18N2O4. The van der Waals surface area contributed by atoms with Gasteiger partial charge in [0.15, 0.2) is 11.5 Å². The standard InChI is InChI=1S/C18H18N2O4/c1-21-16-10-12-4-9-18(19-15(12)11-17(16)22-2)24-14-7-5-13(6-8-14)20-23-3/h4-11,20H,1-3H3. The molecule has 0 fully saturated rings. The monoisotopic (exact) mass is 326 g/mol. The quantitative estimate of drug-likeness (QED) is 0.690. The summed E-state index contributed by atoms with van der Waals surface area (Å²) in [4.78, 5) is 9.36. The normalized spacial score (nSPS) is 10.5. The molecule has 1 heterocycles. The van der Waals surface area contributed by atoms with E-state index in [-0.39, 0.29) is 0 Å². The number of hydrogen-bond acceptors (Lipinski definition) is 6. The summed E-state index contributed by atoms with van der Waals surface area (Å²) in [5.74, 6) is 2.48. The zero-order valence-electron chi connectivity index (χ0n) is 13.7. The van der Waals surface area contributed by atoms with Crippen molar-refractivity contribution in [2.75, 3.05) is 26.8 Å². The van der Waals surface area contributed by atoms with E-state index in [9.17, 15) is 0 Å². The van der Waals surface area contributed by atoms with Gasteiger partial charge in [-0.15, -0.1) is 0 Å². The second kappa shape index (κ2) is 7.06. The molecule has 0 saturated heterocycles. The third kappa shape index (κ3) is 3.33. The SMILES string of the molecule is CONc1ccc(Oc2ccc3cc(OC)c(OC)cc3n2)cc1. The van der Waals surface area contributed by atoms with Crippen molar-refractivity contribution in [3.8, 4) is 23.1 Å². The lowest BCUT2D eigenvalue weighted by Gasteiger charge is -2.10. The van der Waals surface area contributed by atoms with Gasteiger partial charge in [0.1, 0.15) is 5.75 Å². The molecule has 2 aromatic carbocycles. The topological polar surface area (TPSA) is 61.8 Å². The number of methoxy groups -OCH3 is 2. The fraction of sp³-hybridized carbons (Fsp3) is 0.167. The number of pyridine rings is 1. The van der Waals surface area contributed by atoms with Gasteiger partial charge in [-0.05, 0) is 36.4 Å². The van der Waals surface area contributed by atoms with Gasteiger partial charge in [-0.3, -0.25) is 10.3 Å². The Kier molecular flexibility index (Phi) is 4.67. The van der Waals surface area contributed by atoms with E-state index in [1.54, 1.807) is 21.3 Å². The fourth-order valence-corrected chi connectivity index (χ4v) is 2.32. The number of anilines is 1. The van der Waals surface area contributed by atoms with Crippen molar-refractivity contribution < 1.29 is 19.0 Å². The Morgan fingerprint density at radius 3 is 2.21 bits per heavy atom. The van der Waals surface area contributed by atoms with Crippen molar-refractivity contribution in [1.82, 2.24) is 4.98 Å². The van der Waals surface area contributed by atoms with Gasteiger partial charge in [0.2, 0.25) is 5.88 Å². The average Bonchev–Trinajstić information content (AvgIpc) is 2.62. The summed E-state index contributed by atoms with van der Waals surface area (Å²) in [6, 6.07) is 14.8. The van der Waals surface area contributed by atoms with E-state index in [4.69, 9.17) is 19.0 Å². The van der Waals surface area contributed by atoms with Crippen molar-refractivity contribution >= 4 is 16.6 Å². The smallest absolute Gasteiger partial charge is 0.219 e. The summed E-state index contributed by atoms with van der Waals surface area (Å²) in [5.41, 5.74) is 4.36. The van der Waals surface area contributed by atoms with Crippen molar-refractivity contribution in [2.45, 2.75) is 0 Å². The van der Waals surface area contributed by atoms with Crippen molar-refractivity contribution in [1.29, 1.82) is 0 Å². The number of aromatic nitrogens is 1. The molecule has 6 heteroatoms. The lowest BCUT2D eigenvalue weighted by molar-refractivity contribution is 0.271. The predicted octanol–water partition coefficient (Wildman–Crippen LogP) is 4.02. The van der Waals surface area contributed by atoms with Crippen LogP contribution >= 0.6 is 0 Å². The first-order valence-electron chi connectivity index (χ1n) is 7.33. The van der Waals surface area contributed by atoms with Crippen molar-refractivity contribution in [3.05, 3.63) is 48.5 Å². The molecule has 1 aromatic heterocycles. The molecule has 0 aliphatic heterocycles. The maximum Gasteiger partial charge on any atom is 0.219 e. The largest absolute Gasteiger partial charge is 0.493 e. The van der Waals surface area contributed by atoms with Crippen LogP contribution in [0.15, 0.2) is 48.5 Å². The van der Waals surface area contributed by atoms with Gasteiger partial charge in [-0.2, -0.15) is 0 Å². The molecule has 3 rings (SSSR count). The molecule has 124 valence electrons. The Morgan fingerprint density at radius 1 is 0.833 bits per heavy atom. The first-order valence-corrected chi connectivity index (χ1v) is 7.33. The highest BCUT2D eigenvalue weighted by Crippen LogP contribution is 2.32. The number of rotatable bonds is 6. The molecule has 6 nitrogen and oxygen atoms in total. The molecule has 0 spiro atoms. The summed E-state index contributed by atoms with van der Waals surface area (Å²) < 4.78 is 16.4. The highest BCUT2D eigenvalue weighted by atomic mass is 16.6. The minimum absolute atomic E-state index is 0.502. The Labute approximate surface area is 139 Å². The van der Waals surface area contributed by atoms with E-state index in [0.717, 1.165) is 16.6 Å². The average molecular weight is 326 g/mol. The van der Waals surface area contributed by atoms with Crippen LogP contribution in [0.2, 0.25) is 0 Å². The van der Waals surface area contributed by atoms with Gasteiger partial charge in [0, 0.05) is 17.5 Å². The van der Waals surface area contributed by atoms with E-state index in [1.807, 2.05) is 48.5 Å². The fourth-order valence-electron chi connectivity index (χ4n) is 2.32. The highest BCUT2D eigenvalue weighted by molar-refractivity contribution is 5.83. The molecule has 0 amide bonds. The summed E-state index contributed by atoms with van der Waals surface area (Å²) in [6.07, 6.45) is 0. The molecule has 0 saturated carbocycles. The number of hydrogen-bond donors (Lipinski definition) is 1. The number of nitrogens with one attached hydrogen (secondary N) is 1. The Hall–Kier alpha value is -2.99. The molecule has 1 N–H and O–H groups in total. The zero-order valence-corrected chi connectivity index (χ0v) is 13.7. The van der Waals surface area contributed by atoms with Gasteiger partial charge >= 0.3 is 0 Å². The maximum absolute atomic E-state index is 5.80. The van der Waals surface area contributed by atoms with Crippen LogP contribution in [0, 0.1) is 0 Å². The van der Waals surface area contributed by atoms with Crippen molar-refractivity contribution in [2.24, 2.45) is 0 Å². The van der Waals surface area contributed by atoms with Crippen LogP contribution in [0.5, 0.6) is 23.1 Å². The summed E-state index contributed by atoms with van der Waals surface area (Å²) in [5, 5.41) is 0.944. The van der Waals surface area contributed by atoms with Gasteiger partial charge in [0.25, 0.3) is 0 Å². The molecule has 3 aromatic rings. The first kappa shape index (κ1) is 15.9. The van der Waals surface area contributed by atoms with Crippen LogP contribution in [0.25, 0.3) is 10.9 Å². The molecule has 0 aliphatic rings. The molecule has 0 radical (unpaired) electrons. The lowest BCUT2D eigenvalue weighted by Crippen LogP contribution is -1.95. The molecule has 0 bridgehead atoms. The van der Waals surface area contributed by atoms with Crippen molar-refractivity contribution in [3.63, 3.8) is 0 Å². The van der Waals surface area contributed by atoms with E-state index in [0.29, 0.717) is 23.1 Å². The lowest BCUT2D eigenvalue weighted by atomic mass is 10.2. The number of nitrogens with zero attached hydrogens (tertiary/aromatic N) is 1. The minimum Gasteiger partial charge on any atom is -0.493 e. The Balaban J connectivity index is 1.87. The second-order valence-corrected chi connectivity index (χ2v) is 4.98. The number of ether oxygens (including phenoxy) is 3. The maximum atomic E-state index is 5.80. The highest BCUT2D eigenvalue weighted by Gasteiger charge is 2.08. The Morgan fingerprint density at radius 2 is 1.54 bits per heavy atom. The van der Waals surface area contributed by atoms with E-state index in [2.05, 4.69) is 10.5 Å². The van der Waals surface area contributed by atoms with Crippen LogP contribution < -0.4 is 19.7 Å².